The van der Waals surface area contributed by atoms with Crippen LogP contribution < -0.4 is 11.5 Å². The van der Waals surface area contributed by atoms with E-state index < -0.39 is 0 Å². The zero-order valence-electron chi connectivity index (χ0n) is 21.0. The van der Waals surface area contributed by atoms with Gasteiger partial charge in [0.05, 0.1) is 26.7 Å². The predicted molar refractivity (Wildman–Crippen MR) is 147 cm³/mol. The number of hydrogen-bond donors (Lipinski definition) is 2. The summed E-state index contributed by atoms with van der Waals surface area (Å²) >= 11 is 0. The predicted octanol–water partition coefficient (Wildman–Crippen LogP) is 7.41. The van der Waals surface area contributed by atoms with Crippen LogP contribution in [0.1, 0.15) is 39.2 Å². The fourth-order valence-corrected chi connectivity index (χ4v) is 4.50. The standard InChI is InChI=1S/C21H18N2.C9H22N/c1-13-19-11-15(22)7-9-17(19)18-10-8-16(23)12-20(18)21(13)14-5-3-2-4-6-14;1-5-8-9-10(4,6-2)7-3/h2-12H,22-23H2,1H3;5-9H2,1-4H3/q;+1. The molecule has 0 aliphatic rings. The lowest BCUT2D eigenvalue weighted by molar-refractivity contribution is -0.906. The van der Waals surface area contributed by atoms with E-state index in [-0.39, 0.29) is 0 Å². The smallest absolute Gasteiger partial charge is 0.0784 e. The summed E-state index contributed by atoms with van der Waals surface area (Å²) < 4.78 is 1.24. The zero-order valence-corrected chi connectivity index (χ0v) is 21.0. The Hall–Kier alpha value is -3.04. The summed E-state index contributed by atoms with van der Waals surface area (Å²) in [6, 6.07) is 22.7. The first kappa shape index (κ1) is 24.6. The molecule has 0 unspecified atom stereocenters. The van der Waals surface area contributed by atoms with Crippen molar-refractivity contribution in [3.8, 4) is 11.1 Å². The van der Waals surface area contributed by atoms with Crippen LogP contribution >= 0.6 is 0 Å². The van der Waals surface area contributed by atoms with Gasteiger partial charge in [-0.3, -0.25) is 0 Å². The molecule has 4 aromatic carbocycles. The second-order valence-electron chi connectivity index (χ2n) is 9.31. The van der Waals surface area contributed by atoms with E-state index in [1.54, 1.807) is 0 Å². The summed E-state index contributed by atoms with van der Waals surface area (Å²) in [5.41, 5.74) is 17.3. The number of nitrogen functional groups attached to an aromatic ring is 2. The van der Waals surface area contributed by atoms with Crippen molar-refractivity contribution in [1.82, 2.24) is 0 Å². The van der Waals surface area contributed by atoms with Crippen LogP contribution in [0.3, 0.4) is 0 Å². The van der Waals surface area contributed by atoms with Crippen molar-refractivity contribution >= 4 is 32.9 Å². The largest absolute Gasteiger partial charge is 0.399 e. The van der Waals surface area contributed by atoms with Gasteiger partial charge >= 0.3 is 0 Å². The number of unbranched alkanes of at least 4 members (excludes halogenated alkanes) is 1. The first-order chi connectivity index (χ1) is 15.8. The van der Waals surface area contributed by atoms with Crippen molar-refractivity contribution in [3.63, 3.8) is 0 Å². The molecular weight excluding hydrogens is 402 g/mol. The molecule has 0 saturated carbocycles. The highest BCUT2D eigenvalue weighted by atomic mass is 15.3. The first-order valence-corrected chi connectivity index (χ1v) is 12.2. The van der Waals surface area contributed by atoms with E-state index in [9.17, 15) is 0 Å². The van der Waals surface area contributed by atoms with E-state index in [2.05, 4.69) is 83.3 Å². The van der Waals surface area contributed by atoms with Gasteiger partial charge in [-0.15, -0.1) is 0 Å². The molecule has 0 atom stereocenters. The molecule has 3 heteroatoms. The maximum Gasteiger partial charge on any atom is 0.0784 e. The van der Waals surface area contributed by atoms with E-state index in [4.69, 9.17) is 11.5 Å². The Morgan fingerprint density at radius 1 is 0.697 bits per heavy atom. The van der Waals surface area contributed by atoms with E-state index >= 15 is 0 Å². The van der Waals surface area contributed by atoms with Gasteiger partial charge in [-0.25, -0.2) is 0 Å². The number of nitrogens with zero attached hydrogens (tertiary/aromatic N) is 1. The molecule has 0 amide bonds. The van der Waals surface area contributed by atoms with Crippen LogP contribution in [-0.4, -0.2) is 31.2 Å². The molecule has 4 rings (SSSR count). The summed E-state index contributed by atoms with van der Waals surface area (Å²) in [6.07, 6.45) is 2.70. The molecule has 0 aliphatic carbocycles. The van der Waals surface area contributed by atoms with Gasteiger partial charge < -0.3 is 16.0 Å². The van der Waals surface area contributed by atoms with Gasteiger partial charge in [0.15, 0.2) is 0 Å². The fraction of sp³-hybridized carbons (Fsp3) is 0.333. The van der Waals surface area contributed by atoms with Crippen molar-refractivity contribution < 1.29 is 4.48 Å². The van der Waals surface area contributed by atoms with Crippen molar-refractivity contribution in [2.75, 3.05) is 38.1 Å². The van der Waals surface area contributed by atoms with Gasteiger partial charge in [-0.05, 0) is 89.7 Å². The minimum Gasteiger partial charge on any atom is -0.399 e. The van der Waals surface area contributed by atoms with Crippen molar-refractivity contribution in [2.45, 2.75) is 40.5 Å². The Morgan fingerprint density at radius 3 is 1.79 bits per heavy atom. The lowest BCUT2D eigenvalue weighted by atomic mass is 9.88. The van der Waals surface area contributed by atoms with Crippen LogP contribution in [0.25, 0.3) is 32.7 Å². The van der Waals surface area contributed by atoms with Crippen LogP contribution in [-0.2, 0) is 0 Å². The van der Waals surface area contributed by atoms with Crippen LogP contribution in [0.5, 0.6) is 0 Å². The Kier molecular flexibility index (Phi) is 7.99. The number of nitrogens with two attached hydrogens (primary N) is 2. The Labute approximate surface area is 199 Å². The zero-order chi connectivity index (χ0) is 24.0. The molecule has 0 spiro atoms. The lowest BCUT2D eigenvalue weighted by Crippen LogP contribution is -2.44. The molecule has 4 aromatic rings. The Morgan fingerprint density at radius 2 is 1.24 bits per heavy atom. The third-order valence-electron chi connectivity index (χ3n) is 7.07. The van der Waals surface area contributed by atoms with Crippen LogP contribution in [0, 0.1) is 6.92 Å². The number of anilines is 2. The average molecular weight is 443 g/mol. The average Bonchev–Trinajstić information content (AvgIpc) is 2.84. The summed E-state index contributed by atoms with van der Waals surface area (Å²) in [5, 5.41) is 4.80. The number of benzene rings is 4. The van der Waals surface area contributed by atoms with Gasteiger partial charge in [0.1, 0.15) is 0 Å². The van der Waals surface area contributed by atoms with Gasteiger partial charge in [-0.1, -0.05) is 55.8 Å². The minimum absolute atomic E-state index is 0.781. The molecule has 0 heterocycles. The van der Waals surface area contributed by atoms with E-state index in [1.807, 2.05) is 18.2 Å². The molecule has 3 nitrogen and oxygen atoms in total. The number of fused-ring (bicyclic) bond motifs is 3. The van der Waals surface area contributed by atoms with Crippen molar-refractivity contribution in [2.24, 2.45) is 0 Å². The van der Waals surface area contributed by atoms with Gasteiger partial charge in [0.25, 0.3) is 0 Å². The summed E-state index contributed by atoms with van der Waals surface area (Å²) in [7, 11) is 2.34. The normalized spacial score (nSPS) is 11.4. The maximum absolute atomic E-state index is 6.07. The Bertz CT molecular complexity index is 1210. The van der Waals surface area contributed by atoms with Crippen molar-refractivity contribution in [1.29, 1.82) is 0 Å². The van der Waals surface area contributed by atoms with E-state index in [0.717, 1.165) is 11.4 Å². The van der Waals surface area contributed by atoms with Crippen LogP contribution in [0.15, 0.2) is 66.7 Å². The highest BCUT2D eigenvalue weighted by molar-refractivity contribution is 6.16. The van der Waals surface area contributed by atoms with Gasteiger partial charge in [-0.2, -0.15) is 0 Å². The number of hydrogen-bond acceptors (Lipinski definition) is 2. The minimum atomic E-state index is 0.781. The second kappa shape index (κ2) is 10.7. The highest BCUT2D eigenvalue weighted by Crippen LogP contribution is 2.39. The summed E-state index contributed by atoms with van der Waals surface area (Å²) in [5.74, 6) is 0. The topological polar surface area (TPSA) is 52.0 Å². The SMILES string of the molecule is CCCC[N+](C)(CC)CC.Cc1c(-c2ccccc2)c2cc(N)ccc2c2ccc(N)cc12. The third-order valence-corrected chi connectivity index (χ3v) is 7.07. The second-order valence-corrected chi connectivity index (χ2v) is 9.31. The number of aryl methyl sites for hydroxylation is 1. The first-order valence-electron chi connectivity index (χ1n) is 12.2. The lowest BCUT2D eigenvalue weighted by Gasteiger charge is -2.31. The number of quaternary nitrogens is 1. The molecule has 0 aromatic heterocycles. The molecule has 4 N–H and O–H groups in total. The van der Waals surface area contributed by atoms with E-state index in [1.165, 1.54) is 75.2 Å². The van der Waals surface area contributed by atoms with E-state index in [0.29, 0.717) is 0 Å². The van der Waals surface area contributed by atoms with Crippen LogP contribution in [0.2, 0.25) is 0 Å². The van der Waals surface area contributed by atoms with Crippen LogP contribution in [0.4, 0.5) is 11.4 Å². The summed E-state index contributed by atoms with van der Waals surface area (Å²) in [6.45, 7) is 12.9. The fourth-order valence-electron chi connectivity index (χ4n) is 4.50. The molecule has 0 aliphatic heterocycles. The molecule has 174 valence electrons. The summed E-state index contributed by atoms with van der Waals surface area (Å²) in [4.78, 5) is 0. The monoisotopic (exact) mass is 442 g/mol. The third kappa shape index (κ3) is 5.48. The molecule has 0 radical (unpaired) electrons. The molecule has 0 saturated heterocycles. The maximum atomic E-state index is 6.07. The van der Waals surface area contributed by atoms with Gasteiger partial charge in [0.2, 0.25) is 0 Å². The molecular formula is C30H40N3+. The highest BCUT2D eigenvalue weighted by Gasteiger charge is 2.14. The Balaban J connectivity index is 0.000000262. The quantitative estimate of drug-likeness (QED) is 0.186. The van der Waals surface area contributed by atoms with Gasteiger partial charge in [0, 0.05) is 11.4 Å². The molecule has 0 fully saturated rings. The van der Waals surface area contributed by atoms with Crippen molar-refractivity contribution in [3.05, 3.63) is 72.3 Å². The number of rotatable bonds is 6. The molecule has 33 heavy (non-hydrogen) atoms. The molecule has 0 bridgehead atoms.